The van der Waals surface area contributed by atoms with E-state index in [0.29, 0.717) is 25.3 Å². The lowest BCUT2D eigenvalue weighted by Gasteiger charge is -2.29. The monoisotopic (exact) mass is 300 g/mol. The number of amides is 1. The topological polar surface area (TPSA) is 64.8 Å². The Labute approximate surface area is 125 Å². The van der Waals surface area contributed by atoms with Gasteiger partial charge in [0.2, 0.25) is 5.91 Å². The van der Waals surface area contributed by atoms with Gasteiger partial charge in [0.25, 0.3) is 0 Å². The lowest BCUT2D eigenvalue weighted by Crippen LogP contribution is -2.36. The molecule has 0 unspecified atom stereocenters. The molecule has 0 atom stereocenters. The normalized spacial score (nSPS) is 13.2. The van der Waals surface area contributed by atoms with Crippen LogP contribution in [0.3, 0.4) is 0 Å². The first-order valence-corrected chi connectivity index (χ1v) is 6.41. The summed E-state index contributed by atoms with van der Waals surface area (Å²) in [5.41, 5.74) is 7.77. The van der Waals surface area contributed by atoms with Crippen molar-refractivity contribution in [3.05, 3.63) is 23.3 Å². The quantitative estimate of drug-likeness (QED) is 0.912. The van der Waals surface area contributed by atoms with E-state index in [1.807, 2.05) is 17.0 Å². The van der Waals surface area contributed by atoms with E-state index >= 15 is 0 Å². The minimum absolute atomic E-state index is 0. The number of hydrogen-bond acceptors (Lipinski definition) is 4. The van der Waals surface area contributed by atoms with Gasteiger partial charge in [0.1, 0.15) is 0 Å². The highest BCUT2D eigenvalue weighted by Crippen LogP contribution is 2.33. The standard InChI is InChI=1S/C14H20N2O3.ClH/c1-18-12-7-10-4-6-16(14(17)3-5-15)9-11(10)8-13(12)19-2;/h7-8H,3-6,9,15H2,1-2H3;1H. The largest absolute Gasteiger partial charge is 0.493 e. The second-order valence-corrected chi connectivity index (χ2v) is 4.58. The Morgan fingerprint density at radius 2 is 1.85 bits per heavy atom. The molecule has 1 aliphatic heterocycles. The Morgan fingerprint density at radius 1 is 1.25 bits per heavy atom. The van der Waals surface area contributed by atoms with E-state index in [4.69, 9.17) is 15.2 Å². The molecule has 0 saturated heterocycles. The summed E-state index contributed by atoms with van der Waals surface area (Å²) in [4.78, 5) is 13.7. The number of ether oxygens (including phenoxy) is 2. The van der Waals surface area contributed by atoms with Crippen LogP contribution in [0.4, 0.5) is 0 Å². The molecule has 0 aliphatic carbocycles. The number of hydrogen-bond donors (Lipinski definition) is 1. The van der Waals surface area contributed by atoms with Crippen molar-refractivity contribution in [1.82, 2.24) is 4.90 Å². The molecule has 20 heavy (non-hydrogen) atoms. The Morgan fingerprint density at radius 3 is 2.40 bits per heavy atom. The zero-order valence-corrected chi connectivity index (χ0v) is 12.7. The highest BCUT2D eigenvalue weighted by atomic mass is 35.5. The maximum absolute atomic E-state index is 11.9. The molecule has 2 rings (SSSR count). The van der Waals surface area contributed by atoms with Gasteiger partial charge in [-0.15, -0.1) is 12.4 Å². The van der Waals surface area contributed by atoms with Crippen molar-refractivity contribution >= 4 is 18.3 Å². The van der Waals surface area contributed by atoms with Crippen LogP contribution in [0.1, 0.15) is 17.5 Å². The van der Waals surface area contributed by atoms with Gasteiger partial charge in [0.05, 0.1) is 14.2 Å². The molecule has 1 aliphatic rings. The van der Waals surface area contributed by atoms with E-state index in [0.717, 1.165) is 24.3 Å². The number of benzene rings is 1. The van der Waals surface area contributed by atoms with Gasteiger partial charge >= 0.3 is 0 Å². The summed E-state index contributed by atoms with van der Waals surface area (Å²) in [5, 5.41) is 0. The third kappa shape index (κ3) is 3.35. The number of carbonyl (C=O) groups excluding carboxylic acids is 1. The Hall–Kier alpha value is -1.46. The summed E-state index contributed by atoms with van der Waals surface area (Å²) < 4.78 is 10.6. The van der Waals surface area contributed by atoms with E-state index in [1.165, 1.54) is 5.56 Å². The van der Waals surface area contributed by atoms with Gasteiger partial charge in [-0.25, -0.2) is 0 Å². The molecule has 2 N–H and O–H groups in total. The molecule has 6 heteroatoms. The number of fused-ring (bicyclic) bond motifs is 1. The summed E-state index contributed by atoms with van der Waals surface area (Å²) in [6.45, 7) is 1.75. The van der Waals surface area contributed by atoms with Crippen molar-refractivity contribution in [3.8, 4) is 11.5 Å². The predicted molar refractivity (Wildman–Crippen MR) is 79.6 cm³/mol. The zero-order chi connectivity index (χ0) is 13.8. The van der Waals surface area contributed by atoms with E-state index in [-0.39, 0.29) is 18.3 Å². The average molecular weight is 301 g/mol. The maximum Gasteiger partial charge on any atom is 0.224 e. The summed E-state index contributed by atoms with van der Waals surface area (Å²) in [7, 11) is 3.24. The molecular weight excluding hydrogens is 280 g/mol. The number of halogens is 1. The highest BCUT2D eigenvalue weighted by Gasteiger charge is 2.22. The number of nitrogens with zero attached hydrogens (tertiary/aromatic N) is 1. The predicted octanol–water partition coefficient (Wildman–Crippen LogP) is 1.36. The van der Waals surface area contributed by atoms with E-state index in [2.05, 4.69) is 0 Å². The van der Waals surface area contributed by atoms with E-state index in [1.54, 1.807) is 14.2 Å². The number of nitrogens with two attached hydrogens (primary N) is 1. The minimum atomic E-state index is 0. The van der Waals surface area contributed by atoms with Crippen LogP contribution in [0.5, 0.6) is 11.5 Å². The van der Waals surface area contributed by atoms with Gasteiger partial charge in [0.15, 0.2) is 11.5 Å². The first-order valence-electron chi connectivity index (χ1n) is 6.41. The first kappa shape index (κ1) is 16.6. The SMILES string of the molecule is COc1cc2c(cc1OC)CN(C(=O)CCN)CC2.Cl. The molecule has 0 fully saturated rings. The Kier molecular flexibility index (Phi) is 6.10. The van der Waals surface area contributed by atoms with Crippen LogP contribution in [0, 0.1) is 0 Å². The lowest BCUT2D eigenvalue weighted by atomic mass is 9.98. The maximum atomic E-state index is 11.9. The van der Waals surface area contributed by atoms with Crippen molar-refractivity contribution in [2.45, 2.75) is 19.4 Å². The fraction of sp³-hybridized carbons (Fsp3) is 0.500. The van der Waals surface area contributed by atoms with Crippen molar-refractivity contribution < 1.29 is 14.3 Å². The molecule has 1 aromatic rings. The average Bonchev–Trinajstić information content (AvgIpc) is 2.45. The van der Waals surface area contributed by atoms with E-state index < -0.39 is 0 Å². The fourth-order valence-corrected chi connectivity index (χ4v) is 2.38. The van der Waals surface area contributed by atoms with Crippen LogP contribution in [-0.4, -0.2) is 38.1 Å². The zero-order valence-electron chi connectivity index (χ0n) is 11.8. The molecule has 5 nitrogen and oxygen atoms in total. The van der Waals surface area contributed by atoms with Gasteiger partial charge in [-0.05, 0) is 29.7 Å². The molecule has 0 radical (unpaired) electrons. The molecule has 0 saturated carbocycles. The third-order valence-electron chi connectivity index (χ3n) is 3.43. The molecule has 0 aromatic heterocycles. The Bertz CT molecular complexity index is 480. The van der Waals surface area contributed by atoms with Gasteiger partial charge in [-0.2, -0.15) is 0 Å². The minimum Gasteiger partial charge on any atom is -0.493 e. The van der Waals surface area contributed by atoms with Gasteiger partial charge in [-0.3, -0.25) is 4.79 Å². The van der Waals surface area contributed by atoms with Crippen molar-refractivity contribution in [2.75, 3.05) is 27.3 Å². The number of carbonyl (C=O) groups is 1. The third-order valence-corrected chi connectivity index (χ3v) is 3.43. The smallest absolute Gasteiger partial charge is 0.224 e. The van der Waals surface area contributed by atoms with Crippen LogP contribution in [-0.2, 0) is 17.8 Å². The molecule has 1 amide bonds. The number of rotatable bonds is 4. The molecule has 1 aromatic carbocycles. The second-order valence-electron chi connectivity index (χ2n) is 4.58. The van der Waals surface area contributed by atoms with Gasteiger partial charge in [0, 0.05) is 26.1 Å². The van der Waals surface area contributed by atoms with Crippen LogP contribution in [0.15, 0.2) is 12.1 Å². The van der Waals surface area contributed by atoms with Crippen LogP contribution < -0.4 is 15.2 Å². The van der Waals surface area contributed by atoms with Crippen molar-refractivity contribution in [3.63, 3.8) is 0 Å². The van der Waals surface area contributed by atoms with Gasteiger partial charge < -0.3 is 20.1 Å². The fourth-order valence-electron chi connectivity index (χ4n) is 2.38. The second kappa shape index (κ2) is 7.36. The summed E-state index contributed by atoms with van der Waals surface area (Å²) in [5.74, 6) is 1.56. The molecule has 0 spiro atoms. The van der Waals surface area contributed by atoms with Crippen LogP contribution in [0.25, 0.3) is 0 Å². The molecular formula is C14H21ClN2O3. The summed E-state index contributed by atoms with van der Waals surface area (Å²) in [6.07, 6.45) is 1.24. The van der Waals surface area contributed by atoms with Crippen LogP contribution >= 0.6 is 12.4 Å². The van der Waals surface area contributed by atoms with E-state index in [9.17, 15) is 4.79 Å². The van der Waals surface area contributed by atoms with Crippen molar-refractivity contribution in [2.24, 2.45) is 5.73 Å². The lowest BCUT2D eigenvalue weighted by molar-refractivity contribution is -0.131. The van der Waals surface area contributed by atoms with Crippen molar-refractivity contribution in [1.29, 1.82) is 0 Å². The molecule has 112 valence electrons. The summed E-state index contributed by atoms with van der Waals surface area (Å²) in [6, 6.07) is 3.95. The van der Waals surface area contributed by atoms with Gasteiger partial charge in [-0.1, -0.05) is 0 Å². The highest BCUT2D eigenvalue weighted by molar-refractivity contribution is 5.85. The first-order chi connectivity index (χ1) is 9.19. The van der Waals surface area contributed by atoms with Crippen LogP contribution in [0.2, 0.25) is 0 Å². The summed E-state index contributed by atoms with van der Waals surface area (Å²) >= 11 is 0. The number of methoxy groups -OCH3 is 2. The Balaban J connectivity index is 0.00000200. The molecule has 0 bridgehead atoms. The molecule has 1 heterocycles.